The molecule has 3 rings (SSSR count). The molecule has 2 aliphatic rings. The third kappa shape index (κ3) is 4.07. The number of piperazine rings is 1. The third-order valence-corrected chi connectivity index (χ3v) is 3.83. The van der Waals surface area contributed by atoms with Gasteiger partial charge >= 0.3 is 6.09 Å². The van der Waals surface area contributed by atoms with E-state index in [0.717, 1.165) is 30.0 Å². The van der Waals surface area contributed by atoms with Crippen molar-refractivity contribution in [3.8, 4) is 11.5 Å². The summed E-state index contributed by atoms with van der Waals surface area (Å²) in [6.45, 7) is 8.03. The number of hydrogen-bond donors (Lipinski definition) is 1. The molecule has 2 heterocycles. The van der Waals surface area contributed by atoms with Gasteiger partial charge in [-0.05, 0) is 44.9 Å². The SMILES string of the molecule is CC(C)(C)OC(=O)N1CCN[C@@H](Cc2ccc3c(c2)OCO3)C1. The van der Waals surface area contributed by atoms with E-state index in [1.54, 1.807) is 4.90 Å². The lowest BCUT2D eigenvalue weighted by Gasteiger charge is -2.35. The molecule has 0 aliphatic carbocycles. The van der Waals surface area contributed by atoms with Crippen LogP contribution in [0, 0.1) is 0 Å². The summed E-state index contributed by atoms with van der Waals surface area (Å²) in [6, 6.07) is 6.20. The molecule has 1 aromatic rings. The molecular formula is C17H24N2O4. The van der Waals surface area contributed by atoms with Gasteiger partial charge in [-0.15, -0.1) is 0 Å². The van der Waals surface area contributed by atoms with Crippen molar-refractivity contribution in [2.75, 3.05) is 26.4 Å². The average molecular weight is 320 g/mol. The lowest BCUT2D eigenvalue weighted by molar-refractivity contribution is 0.0195. The van der Waals surface area contributed by atoms with Crippen LogP contribution < -0.4 is 14.8 Å². The fourth-order valence-electron chi connectivity index (χ4n) is 2.81. The predicted molar refractivity (Wildman–Crippen MR) is 85.9 cm³/mol. The first-order valence-corrected chi connectivity index (χ1v) is 8.00. The summed E-state index contributed by atoms with van der Waals surface area (Å²) in [6.07, 6.45) is 0.588. The van der Waals surface area contributed by atoms with Crippen LogP contribution >= 0.6 is 0 Å². The second-order valence-corrected chi connectivity index (χ2v) is 6.97. The van der Waals surface area contributed by atoms with Crippen molar-refractivity contribution < 1.29 is 19.0 Å². The molecular weight excluding hydrogens is 296 g/mol. The molecule has 6 nitrogen and oxygen atoms in total. The zero-order valence-electron chi connectivity index (χ0n) is 13.9. The largest absolute Gasteiger partial charge is 0.454 e. The van der Waals surface area contributed by atoms with Gasteiger partial charge in [-0.1, -0.05) is 6.07 Å². The van der Waals surface area contributed by atoms with Crippen LogP contribution in [0.15, 0.2) is 18.2 Å². The minimum absolute atomic E-state index is 0.205. The van der Waals surface area contributed by atoms with E-state index in [4.69, 9.17) is 14.2 Å². The molecule has 0 saturated carbocycles. The second-order valence-electron chi connectivity index (χ2n) is 6.97. The highest BCUT2D eigenvalue weighted by atomic mass is 16.7. The number of carbonyl (C=O) groups is 1. The standard InChI is InChI=1S/C17H24N2O4/c1-17(2,3)23-16(20)19-7-6-18-13(10-19)8-12-4-5-14-15(9-12)22-11-21-14/h4-5,9,13,18H,6-8,10-11H2,1-3H3/t13-/m0/s1. The first-order valence-electron chi connectivity index (χ1n) is 8.00. The van der Waals surface area contributed by atoms with Crippen molar-refractivity contribution in [3.63, 3.8) is 0 Å². The fraction of sp³-hybridized carbons (Fsp3) is 0.588. The van der Waals surface area contributed by atoms with E-state index in [9.17, 15) is 4.79 Å². The van der Waals surface area contributed by atoms with Gasteiger partial charge in [0, 0.05) is 25.7 Å². The summed E-state index contributed by atoms with van der Waals surface area (Å²) < 4.78 is 16.2. The summed E-state index contributed by atoms with van der Waals surface area (Å²) in [4.78, 5) is 14.0. The van der Waals surface area contributed by atoms with Crippen molar-refractivity contribution in [2.45, 2.75) is 38.8 Å². The lowest BCUT2D eigenvalue weighted by Crippen LogP contribution is -2.54. The minimum atomic E-state index is -0.464. The van der Waals surface area contributed by atoms with Crippen molar-refractivity contribution in [3.05, 3.63) is 23.8 Å². The van der Waals surface area contributed by atoms with Crippen molar-refractivity contribution in [1.82, 2.24) is 10.2 Å². The monoisotopic (exact) mass is 320 g/mol. The number of nitrogens with zero attached hydrogens (tertiary/aromatic N) is 1. The molecule has 0 radical (unpaired) electrons. The summed E-state index contributed by atoms with van der Waals surface area (Å²) in [7, 11) is 0. The van der Waals surface area contributed by atoms with Crippen LogP contribution in [0.3, 0.4) is 0 Å². The van der Waals surface area contributed by atoms with Crippen molar-refractivity contribution in [2.24, 2.45) is 0 Å². The average Bonchev–Trinajstić information content (AvgIpc) is 2.93. The Labute approximate surface area is 136 Å². The molecule has 1 amide bonds. The Morgan fingerprint density at radius 3 is 2.91 bits per heavy atom. The Balaban J connectivity index is 1.59. The Bertz CT molecular complexity index is 582. The van der Waals surface area contributed by atoms with Gasteiger partial charge in [0.1, 0.15) is 5.60 Å². The Kier molecular flexibility index (Phi) is 4.35. The number of hydrogen-bond acceptors (Lipinski definition) is 5. The molecule has 1 fully saturated rings. The van der Waals surface area contributed by atoms with E-state index in [1.165, 1.54) is 0 Å². The third-order valence-electron chi connectivity index (χ3n) is 3.83. The molecule has 1 atom stereocenters. The Morgan fingerprint density at radius 1 is 1.35 bits per heavy atom. The molecule has 1 saturated heterocycles. The quantitative estimate of drug-likeness (QED) is 0.905. The maximum atomic E-state index is 12.2. The zero-order chi connectivity index (χ0) is 16.4. The van der Waals surface area contributed by atoms with Gasteiger partial charge in [0.15, 0.2) is 11.5 Å². The van der Waals surface area contributed by atoms with E-state index in [-0.39, 0.29) is 18.9 Å². The highest BCUT2D eigenvalue weighted by molar-refractivity contribution is 5.68. The topological polar surface area (TPSA) is 60.0 Å². The Hall–Kier alpha value is -1.95. The number of nitrogens with one attached hydrogen (secondary N) is 1. The summed E-state index contributed by atoms with van der Waals surface area (Å²) >= 11 is 0. The van der Waals surface area contributed by atoms with Crippen molar-refractivity contribution in [1.29, 1.82) is 0 Å². The smallest absolute Gasteiger partial charge is 0.410 e. The fourth-order valence-corrected chi connectivity index (χ4v) is 2.81. The highest BCUT2D eigenvalue weighted by Gasteiger charge is 2.27. The van der Waals surface area contributed by atoms with Gasteiger partial charge in [0.2, 0.25) is 6.79 Å². The van der Waals surface area contributed by atoms with Crippen LogP contribution in [0.2, 0.25) is 0 Å². The molecule has 126 valence electrons. The Morgan fingerprint density at radius 2 is 2.13 bits per heavy atom. The zero-order valence-corrected chi connectivity index (χ0v) is 13.9. The van der Waals surface area contributed by atoms with E-state index < -0.39 is 5.60 Å². The number of benzene rings is 1. The maximum Gasteiger partial charge on any atom is 0.410 e. The van der Waals surface area contributed by atoms with Crippen LogP contribution in [0.1, 0.15) is 26.3 Å². The van der Waals surface area contributed by atoms with Gasteiger partial charge in [-0.2, -0.15) is 0 Å². The van der Waals surface area contributed by atoms with Gasteiger partial charge < -0.3 is 24.4 Å². The van der Waals surface area contributed by atoms with Gasteiger partial charge in [-0.25, -0.2) is 4.79 Å². The molecule has 0 bridgehead atoms. The molecule has 0 unspecified atom stereocenters. The van der Waals surface area contributed by atoms with Crippen LogP contribution in [0.4, 0.5) is 4.79 Å². The minimum Gasteiger partial charge on any atom is -0.454 e. The van der Waals surface area contributed by atoms with Gasteiger partial charge in [-0.3, -0.25) is 0 Å². The molecule has 1 aromatic carbocycles. The molecule has 6 heteroatoms. The summed E-state index contributed by atoms with van der Waals surface area (Å²) in [5.74, 6) is 1.59. The molecule has 1 N–H and O–H groups in total. The number of amides is 1. The predicted octanol–water partition coefficient (Wildman–Crippen LogP) is 2.17. The molecule has 0 aromatic heterocycles. The van der Waals surface area contributed by atoms with Crippen LogP contribution in [-0.2, 0) is 11.2 Å². The van der Waals surface area contributed by atoms with Crippen LogP contribution in [0.25, 0.3) is 0 Å². The summed E-state index contributed by atoms with van der Waals surface area (Å²) in [5.41, 5.74) is 0.701. The van der Waals surface area contributed by atoms with Crippen LogP contribution in [-0.4, -0.2) is 49.1 Å². The van der Waals surface area contributed by atoms with E-state index in [0.29, 0.717) is 13.1 Å². The first-order chi connectivity index (χ1) is 10.9. The van der Waals surface area contributed by atoms with E-state index in [2.05, 4.69) is 5.32 Å². The highest BCUT2D eigenvalue weighted by Crippen LogP contribution is 2.32. The number of ether oxygens (including phenoxy) is 3. The van der Waals surface area contributed by atoms with Crippen LogP contribution in [0.5, 0.6) is 11.5 Å². The van der Waals surface area contributed by atoms with E-state index >= 15 is 0 Å². The number of rotatable bonds is 2. The van der Waals surface area contributed by atoms with Crippen molar-refractivity contribution >= 4 is 6.09 Å². The summed E-state index contributed by atoms with van der Waals surface area (Å²) in [5, 5.41) is 3.46. The van der Waals surface area contributed by atoms with Gasteiger partial charge in [0.25, 0.3) is 0 Å². The molecule has 0 spiro atoms. The normalized spacial score (nSPS) is 20.5. The maximum absolute atomic E-state index is 12.2. The lowest BCUT2D eigenvalue weighted by atomic mass is 10.0. The number of fused-ring (bicyclic) bond motifs is 1. The first kappa shape index (κ1) is 15.9. The molecule has 2 aliphatic heterocycles. The molecule has 23 heavy (non-hydrogen) atoms. The van der Waals surface area contributed by atoms with E-state index in [1.807, 2.05) is 39.0 Å². The number of carbonyl (C=O) groups excluding carboxylic acids is 1. The van der Waals surface area contributed by atoms with Gasteiger partial charge in [0.05, 0.1) is 0 Å². The second kappa shape index (κ2) is 6.28.